The molecule has 0 atom stereocenters. The van der Waals surface area contributed by atoms with Crippen LogP contribution in [0, 0.1) is 0 Å². The predicted octanol–water partition coefficient (Wildman–Crippen LogP) is 18.8. The summed E-state index contributed by atoms with van der Waals surface area (Å²) in [6.45, 7) is 0. The number of fused-ring (bicyclic) bond motifs is 9. The molecule has 3 heteroatoms. The zero-order valence-corrected chi connectivity index (χ0v) is 36.5. The van der Waals surface area contributed by atoms with Crippen molar-refractivity contribution >= 4 is 94.5 Å². The van der Waals surface area contributed by atoms with Crippen LogP contribution in [0.1, 0.15) is 0 Å². The molecule has 0 saturated heterocycles. The largest absolute Gasteiger partial charge is 0.135 e. The van der Waals surface area contributed by atoms with Crippen molar-refractivity contribution in [3.05, 3.63) is 218 Å². The summed E-state index contributed by atoms with van der Waals surface area (Å²) in [5, 5.41) is 7.96. The van der Waals surface area contributed by atoms with Crippen LogP contribution < -0.4 is 0 Å². The Hall–Kier alpha value is -7.14. The van der Waals surface area contributed by atoms with Crippen molar-refractivity contribution in [2.45, 2.75) is 0 Å². The number of thiophene rings is 3. The van der Waals surface area contributed by atoms with Crippen LogP contribution in [0.2, 0.25) is 0 Å². The van der Waals surface area contributed by atoms with E-state index in [1.54, 1.807) is 0 Å². The summed E-state index contributed by atoms with van der Waals surface area (Å²) in [5.41, 5.74) is 14.6. The van der Waals surface area contributed by atoms with Gasteiger partial charge in [0.15, 0.2) is 0 Å². The van der Waals surface area contributed by atoms with Gasteiger partial charge in [0.1, 0.15) is 0 Å². The summed E-state index contributed by atoms with van der Waals surface area (Å²) in [6.07, 6.45) is 0. The molecule has 0 radical (unpaired) electrons. The normalized spacial score (nSPS) is 11.8. The molecule has 0 aliphatic heterocycles. The minimum atomic E-state index is 1.20. The highest BCUT2D eigenvalue weighted by molar-refractivity contribution is 7.26. The summed E-state index contributed by atoms with van der Waals surface area (Å²) >= 11 is 5.62. The lowest BCUT2D eigenvalue weighted by atomic mass is 9.91. The summed E-state index contributed by atoms with van der Waals surface area (Å²) in [6, 6.07) is 81.4. The van der Waals surface area contributed by atoms with Gasteiger partial charge in [-0.15, -0.1) is 34.0 Å². The molecule has 13 rings (SSSR count). The second-order valence-electron chi connectivity index (χ2n) is 16.5. The molecule has 0 aliphatic carbocycles. The first-order chi connectivity index (χ1) is 31.1. The minimum absolute atomic E-state index is 1.20. The first-order valence-electron chi connectivity index (χ1n) is 21.4. The summed E-state index contributed by atoms with van der Waals surface area (Å²) in [5.74, 6) is 0. The molecule has 0 N–H and O–H groups in total. The maximum Gasteiger partial charge on any atom is 0.0361 e. The number of hydrogen-bond donors (Lipinski definition) is 0. The molecule has 0 bridgehead atoms. The van der Waals surface area contributed by atoms with Gasteiger partial charge in [-0.05, 0) is 140 Å². The number of hydrogen-bond acceptors (Lipinski definition) is 3. The average molecular weight is 853 g/mol. The molecule has 0 spiro atoms. The zero-order valence-electron chi connectivity index (χ0n) is 34.0. The first-order valence-corrected chi connectivity index (χ1v) is 23.8. The van der Waals surface area contributed by atoms with Gasteiger partial charge in [-0.1, -0.05) is 146 Å². The molecule has 0 nitrogen and oxygen atoms in total. The van der Waals surface area contributed by atoms with Gasteiger partial charge in [0.2, 0.25) is 0 Å². The highest BCUT2D eigenvalue weighted by Crippen LogP contribution is 2.42. The van der Waals surface area contributed by atoms with E-state index in [0.717, 1.165) is 0 Å². The van der Waals surface area contributed by atoms with Gasteiger partial charge in [-0.3, -0.25) is 0 Å². The molecular weight excluding hydrogens is 817 g/mol. The molecule has 3 aromatic heterocycles. The van der Waals surface area contributed by atoms with Crippen LogP contribution in [0.15, 0.2) is 218 Å². The molecule has 3 heterocycles. The summed E-state index contributed by atoms with van der Waals surface area (Å²) < 4.78 is 7.95. The van der Waals surface area contributed by atoms with Crippen molar-refractivity contribution in [2.24, 2.45) is 0 Å². The Bertz CT molecular complexity index is 3800. The monoisotopic (exact) mass is 852 g/mol. The fourth-order valence-electron chi connectivity index (χ4n) is 9.48. The van der Waals surface area contributed by atoms with Gasteiger partial charge in [-0.2, -0.15) is 0 Å². The molecule has 13 aromatic rings. The fraction of sp³-hybridized carbons (Fsp3) is 0. The molecular formula is C60H36S3. The van der Waals surface area contributed by atoms with E-state index in [4.69, 9.17) is 0 Å². The lowest BCUT2D eigenvalue weighted by molar-refractivity contribution is 1.56. The van der Waals surface area contributed by atoms with Crippen LogP contribution in [-0.4, -0.2) is 0 Å². The van der Waals surface area contributed by atoms with Crippen molar-refractivity contribution in [3.8, 4) is 66.8 Å². The second kappa shape index (κ2) is 14.8. The minimum Gasteiger partial charge on any atom is -0.135 e. The van der Waals surface area contributed by atoms with Crippen molar-refractivity contribution in [2.75, 3.05) is 0 Å². The Labute approximate surface area is 377 Å². The standard InChI is InChI=1S/C60H36S3/c1-4-19-55-49(16-1)52-25-22-43(34-58(52)61-55)41-14-8-12-39(29-41)37-10-7-11-38(28-37)40-13-9-15-42(30-40)46-31-47(44-23-26-53-50-17-2-5-20-56(50)62-59(53)35-44)33-48(32-46)45-24-27-54-51-18-3-6-21-57(51)63-60(54)36-45/h1-36H. The van der Waals surface area contributed by atoms with E-state index in [-0.39, 0.29) is 0 Å². The molecule has 294 valence electrons. The second-order valence-corrected chi connectivity index (χ2v) is 19.7. The van der Waals surface area contributed by atoms with E-state index < -0.39 is 0 Å². The lowest BCUT2D eigenvalue weighted by Crippen LogP contribution is -1.88. The van der Waals surface area contributed by atoms with E-state index in [2.05, 4.69) is 218 Å². The van der Waals surface area contributed by atoms with Crippen LogP contribution in [0.5, 0.6) is 0 Å². The van der Waals surface area contributed by atoms with E-state index in [1.165, 1.54) is 127 Å². The Morgan fingerprint density at radius 3 is 0.730 bits per heavy atom. The smallest absolute Gasteiger partial charge is 0.0361 e. The molecule has 0 amide bonds. The van der Waals surface area contributed by atoms with Gasteiger partial charge in [0, 0.05) is 60.5 Å². The van der Waals surface area contributed by atoms with Crippen LogP contribution in [0.4, 0.5) is 0 Å². The molecule has 63 heavy (non-hydrogen) atoms. The maximum atomic E-state index is 2.39. The molecule has 0 aliphatic rings. The van der Waals surface area contributed by atoms with E-state index in [1.807, 2.05) is 34.0 Å². The Morgan fingerprint density at radius 1 is 0.159 bits per heavy atom. The topological polar surface area (TPSA) is 0 Å². The van der Waals surface area contributed by atoms with E-state index >= 15 is 0 Å². The fourth-order valence-corrected chi connectivity index (χ4v) is 12.9. The van der Waals surface area contributed by atoms with E-state index in [9.17, 15) is 0 Å². The van der Waals surface area contributed by atoms with Crippen LogP contribution in [0.25, 0.3) is 127 Å². The average Bonchev–Trinajstić information content (AvgIpc) is 4.04. The molecule has 0 fully saturated rings. The van der Waals surface area contributed by atoms with Crippen molar-refractivity contribution in [1.82, 2.24) is 0 Å². The van der Waals surface area contributed by atoms with Crippen LogP contribution in [0.3, 0.4) is 0 Å². The van der Waals surface area contributed by atoms with Gasteiger partial charge in [0.05, 0.1) is 0 Å². The third-order valence-electron chi connectivity index (χ3n) is 12.7. The van der Waals surface area contributed by atoms with Gasteiger partial charge < -0.3 is 0 Å². The molecule has 0 unspecified atom stereocenters. The SMILES string of the molecule is c1cc(-c2cccc(-c3cc(-c4ccc5c(c4)sc4ccccc45)cc(-c4ccc5c(c4)sc4ccccc45)c3)c2)cc(-c2cccc(-c3ccc4c(c3)sc3ccccc34)c2)c1. The first kappa shape index (κ1) is 36.5. The lowest BCUT2D eigenvalue weighted by Gasteiger charge is -2.13. The van der Waals surface area contributed by atoms with Crippen molar-refractivity contribution in [3.63, 3.8) is 0 Å². The highest BCUT2D eigenvalue weighted by Gasteiger charge is 2.14. The van der Waals surface area contributed by atoms with Crippen molar-refractivity contribution < 1.29 is 0 Å². The van der Waals surface area contributed by atoms with Crippen LogP contribution >= 0.6 is 34.0 Å². The van der Waals surface area contributed by atoms with Gasteiger partial charge in [-0.25, -0.2) is 0 Å². The third kappa shape index (κ3) is 6.39. The number of rotatable bonds is 6. The van der Waals surface area contributed by atoms with Gasteiger partial charge >= 0.3 is 0 Å². The zero-order chi connectivity index (χ0) is 41.4. The Kier molecular flexibility index (Phi) is 8.55. The quantitative estimate of drug-likeness (QED) is 0.156. The Morgan fingerprint density at radius 2 is 0.397 bits per heavy atom. The van der Waals surface area contributed by atoms with Crippen molar-refractivity contribution in [1.29, 1.82) is 0 Å². The third-order valence-corrected chi connectivity index (χ3v) is 16.1. The Balaban J connectivity index is 0.889. The predicted molar refractivity (Wildman–Crippen MR) is 278 cm³/mol. The van der Waals surface area contributed by atoms with E-state index in [0.29, 0.717) is 0 Å². The van der Waals surface area contributed by atoms with Gasteiger partial charge in [0.25, 0.3) is 0 Å². The molecule has 10 aromatic carbocycles. The maximum absolute atomic E-state index is 2.39. The summed E-state index contributed by atoms with van der Waals surface area (Å²) in [7, 11) is 0. The van der Waals surface area contributed by atoms with Crippen LogP contribution in [-0.2, 0) is 0 Å². The highest BCUT2D eigenvalue weighted by atomic mass is 32.1. The molecule has 0 saturated carbocycles. The number of benzene rings is 10. The summed E-state index contributed by atoms with van der Waals surface area (Å²) in [4.78, 5) is 0.